The Hall–Kier alpha value is -3.61. The Balaban J connectivity index is 1.80. The van der Waals surface area contributed by atoms with Gasteiger partial charge in [-0.1, -0.05) is 18.2 Å². The van der Waals surface area contributed by atoms with Crippen molar-refractivity contribution in [2.24, 2.45) is 0 Å². The first kappa shape index (κ1) is 19.2. The number of anilines is 3. The number of carbonyl (C=O) groups is 1. The maximum Gasteiger partial charge on any atom is 0.274 e. The minimum Gasteiger partial charge on any atom is -0.493 e. The first-order valence-corrected chi connectivity index (χ1v) is 8.70. The van der Waals surface area contributed by atoms with Crippen molar-refractivity contribution in [2.75, 3.05) is 24.9 Å². The number of carbonyl (C=O) groups excluding carboxylic acids is 1. The van der Waals surface area contributed by atoms with Crippen molar-refractivity contribution in [1.82, 2.24) is 9.97 Å². The Kier molecular flexibility index (Phi) is 5.74. The Morgan fingerprint density at radius 1 is 0.929 bits per heavy atom. The molecule has 0 atom stereocenters. The van der Waals surface area contributed by atoms with Crippen molar-refractivity contribution in [2.45, 2.75) is 13.8 Å². The topological polar surface area (TPSA) is 85.4 Å². The fraction of sp³-hybridized carbons (Fsp3) is 0.190. The van der Waals surface area contributed by atoms with Crippen LogP contribution < -0.4 is 20.1 Å². The molecule has 0 fully saturated rings. The molecule has 0 aliphatic carbocycles. The van der Waals surface area contributed by atoms with E-state index in [1.54, 1.807) is 32.4 Å². The van der Waals surface area contributed by atoms with Crippen LogP contribution in [0.2, 0.25) is 0 Å². The number of hydrogen-bond acceptors (Lipinski definition) is 6. The van der Waals surface area contributed by atoms with Gasteiger partial charge in [0.15, 0.2) is 11.5 Å². The predicted octanol–water partition coefficient (Wildman–Crippen LogP) is 4.11. The van der Waals surface area contributed by atoms with Crippen LogP contribution in [-0.2, 0) is 0 Å². The molecule has 0 aliphatic heterocycles. The zero-order chi connectivity index (χ0) is 20.1. The lowest BCUT2D eigenvalue weighted by molar-refractivity contribution is 0.102. The van der Waals surface area contributed by atoms with Gasteiger partial charge in [-0.2, -0.15) is 0 Å². The lowest BCUT2D eigenvalue weighted by Gasteiger charge is -2.12. The molecule has 0 saturated heterocycles. The largest absolute Gasteiger partial charge is 0.493 e. The van der Waals surface area contributed by atoms with Crippen LogP contribution in [0.5, 0.6) is 11.5 Å². The van der Waals surface area contributed by atoms with Gasteiger partial charge in [0.25, 0.3) is 5.91 Å². The van der Waals surface area contributed by atoms with Gasteiger partial charge in [0, 0.05) is 23.5 Å². The second-order valence-electron chi connectivity index (χ2n) is 6.20. The first-order valence-electron chi connectivity index (χ1n) is 8.70. The summed E-state index contributed by atoms with van der Waals surface area (Å²) in [5, 5.41) is 6.07. The van der Waals surface area contributed by atoms with Crippen molar-refractivity contribution < 1.29 is 14.3 Å². The van der Waals surface area contributed by atoms with Crippen molar-refractivity contribution >= 4 is 23.1 Å². The lowest BCUT2D eigenvalue weighted by atomic mass is 10.1. The summed E-state index contributed by atoms with van der Waals surface area (Å²) in [5.41, 5.74) is 3.79. The number of rotatable bonds is 6. The first-order chi connectivity index (χ1) is 13.5. The molecule has 28 heavy (non-hydrogen) atoms. The number of aryl methyl sites for hydroxylation is 2. The van der Waals surface area contributed by atoms with Gasteiger partial charge in [0.1, 0.15) is 17.8 Å². The van der Waals surface area contributed by atoms with Crippen molar-refractivity contribution in [1.29, 1.82) is 0 Å². The average molecular weight is 378 g/mol. The van der Waals surface area contributed by atoms with Gasteiger partial charge in [-0.05, 0) is 37.1 Å². The van der Waals surface area contributed by atoms with Crippen LogP contribution in [-0.4, -0.2) is 30.1 Å². The van der Waals surface area contributed by atoms with E-state index in [1.807, 2.05) is 38.1 Å². The molecule has 7 nitrogen and oxygen atoms in total. The number of hydrogen-bond donors (Lipinski definition) is 2. The number of methoxy groups -OCH3 is 2. The molecule has 2 aromatic carbocycles. The van der Waals surface area contributed by atoms with E-state index >= 15 is 0 Å². The Labute approximate surface area is 163 Å². The van der Waals surface area contributed by atoms with Crippen LogP contribution in [0.15, 0.2) is 48.8 Å². The molecular formula is C21H22N4O3. The summed E-state index contributed by atoms with van der Waals surface area (Å²) < 4.78 is 10.5. The highest BCUT2D eigenvalue weighted by Gasteiger charge is 2.12. The van der Waals surface area contributed by atoms with Gasteiger partial charge >= 0.3 is 0 Å². The number of aromatic nitrogens is 2. The highest BCUT2D eigenvalue weighted by molar-refractivity contribution is 6.04. The molecule has 0 unspecified atom stereocenters. The van der Waals surface area contributed by atoms with E-state index < -0.39 is 0 Å². The van der Waals surface area contributed by atoms with Crippen molar-refractivity contribution in [3.8, 4) is 11.5 Å². The van der Waals surface area contributed by atoms with Crippen LogP contribution in [0, 0.1) is 13.8 Å². The molecule has 0 radical (unpaired) electrons. The van der Waals surface area contributed by atoms with E-state index in [9.17, 15) is 4.79 Å². The second kappa shape index (κ2) is 8.39. The smallest absolute Gasteiger partial charge is 0.274 e. The van der Waals surface area contributed by atoms with E-state index in [0.29, 0.717) is 17.3 Å². The third kappa shape index (κ3) is 4.20. The third-order valence-electron chi connectivity index (χ3n) is 4.28. The van der Waals surface area contributed by atoms with Gasteiger partial charge in [0.2, 0.25) is 0 Å². The minimum atomic E-state index is -0.296. The summed E-state index contributed by atoms with van der Waals surface area (Å²) >= 11 is 0. The standard InChI is InChI=1S/C21H22N4O3/c1-13-6-5-7-14(2)20(13)25-21(26)16-11-19(23-12-22-16)24-15-8-9-17(27-3)18(10-15)28-4/h5-12H,1-4H3,(H,25,26)(H,22,23,24). The number of benzene rings is 2. The summed E-state index contributed by atoms with van der Waals surface area (Å²) in [6.45, 7) is 3.90. The number of para-hydroxylation sites is 1. The highest BCUT2D eigenvalue weighted by Crippen LogP contribution is 2.30. The molecule has 1 amide bonds. The number of amides is 1. The van der Waals surface area contributed by atoms with Crippen molar-refractivity contribution in [3.05, 3.63) is 65.6 Å². The highest BCUT2D eigenvalue weighted by atomic mass is 16.5. The minimum absolute atomic E-state index is 0.264. The third-order valence-corrected chi connectivity index (χ3v) is 4.28. The van der Waals surface area contributed by atoms with Crippen LogP contribution in [0.3, 0.4) is 0 Å². The summed E-state index contributed by atoms with van der Waals surface area (Å²) in [5.74, 6) is 1.42. The Morgan fingerprint density at radius 2 is 1.64 bits per heavy atom. The molecule has 0 spiro atoms. The number of ether oxygens (including phenoxy) is 2. The van der Waals surface area contributed by atoms with Crippen LogP contribution >= 0.6 is 0 Å². The fourth-order valence-electron chi connectivity index (χ4n) is 2.80. The molecule has 0 bridgehead atoms. The van der Waals surface area contributed by atoms with E-state index in [2.05, 4.69) is 20.6 Å². The molecule has 1 heterocycles. The van der Waals surface area contributed by atoms with E-state index in [-0.39, 0.29) is 11.6 Å². The molecule has 3 rings (SSSR count). The van der Waals surface area contributed by atoms with Crippen LogP contribution in [0.4, 0.5) is 17.2 Å². The Bertz CT molecular complexity index is 984. The molecule has 0 aliphatic rings. The quantitative estimate of drug-likeness (QED) is 0.671. The zero-order valence-electron chi connectivity index (χ0n) is 16.2. The van der Waals surface area contributed by atoms with Crippen LogP contribution in [0.1, 0.15) is 21.6 Å². The van der Waals surface area contributed by atoms with E-state index in [4.69, 9.17) is 9.47 Å². The zero-order valence-corrected chi connectivity index (χ0v) is 16.2. The molecular weight excluding hydrogens is 356 g/mol. The molecule has 3 aromatic rings. The summed E-state index contributed by atoms with van der Waals surface area (Å²) in [4.78, 5) is 20.9. The predicted molar refractivity (Wildman–Crippen MR) is 109 cm³/mol. The van der Waals surface area contributed by atoms with E-state index in [0.717, 1.165) is 22.5 Å². The lowest BCUT2D eigenvalue weighted by Crippen LogP contribution is -2.15. The molecule has 7 heteroatoms. The monoisotopic (exact) mass is 378 g/mol. The van der Waals surface area contributed by atoms with Gasteiger partial charge < -0.3 is 20.1 Å². The van der Waals surface area contributed by atoms with Crippen LogP contribution in [0.25, 0.3) is 0 Å². The molecule has 1 aromatic heterocycles. The molecule has 2 N–H and O–H groups in total. The average Bonchev–Trinajstić information content (AvgIpc) is 2.70. The molecule has 144 valence electrons. The van der Waals surface area contributed by atoms with Gasteiger partial charge in [0.05, 0.1) is 14.2 Å². The maximum atomic E-state index is 12.6. The molecule has 0 saturated carbocycles. The number of nitrogens with one attached hydrogen (secondary N) is 2. The SMILES string of the molecule is COc1ccc(Nc2cc(C(=O)Nc3c(C)cccc3C)ncn2)cc1OC. The summed E-state index contributed by atoms with van der Waals surface area (Å²) in [6, 6.07) is 12.9. The summed E-state index contributed by atoms with van der Waals surface area (Å²) in [7, 11) is 3.15. The van der Waals surface area contributed by atoms with Gasteiger partial charge in [-0.3, -0.25) is 4.79 Å². The summed E-state index contributed by atoms with van der Waals surface area (Å²) in [6.07, 6.45) is 1.35. The van der Waals surface area contributed by atoms with Gasteiger partial charge in [-0.15, -0.1) is 0 Å². The normalized spacial score (nSPS) is 10.3. The second-order valence-corrected chi connectivity index (χ2v) is 6.20. The fourth-order valence-corrected chi connectivity index (χ4v) is 2.80. The van der Waals surface area contributed by atoms with Crippen molar-refractivity contribution in [3.63, 3.8) is 0 Å². The Morgan fingerprint density at radius 3 is 2.32 bits per heavy atom. The maximum absolute atomic E-state index is 12.6. The van der Waals surface area contributed by atoms with Gasteiger partial charge in [-0.25, -0.2) is 9.97 Å². The number of nitrogens with zero attached hydrogens (tertiary/aromatic N) is 2. The van der Waals surface area contributed by atoms with E-state index in [1.165, 1.54) is 6.33 Å².